The average molecular weight is 1300 g/mol. The Kier molecular flexibility index (Phi) is 66.6. The summed E-state index contributed by atoms with van der Waals surface area (Å²) >= 11 is 0. The SMILES string of the molecule is CCCC/C=C\C/C=C\CCCCCCCC(=O)OCCCCCCCCCCCCCCCCCCCC/C=C\CCCCCCCCCCCCCCCCCCCC(=O)NC(COC1OC(CO)C(O)C(O)C1O)C(O)/C=C/CCCCCCCCCCC. The number of unbranched alkanes of at least 4 members (excludes halogenated alkanes) is 51. The molecule has 92 heavy (non-hydrogen) atoms. The van der Waals surface area contributed by atoms with E-state index in [0.717, 1.165) is 64.2 Å². The second-order valence-corrected chi connectivity index (χ2v) is 27.8. The third kappa shape index (κ3) is 57.8. The molecule has 1 amide bonds. The number of rotatable bonds is 71. The van der Waals surface area contributed by atoms with Gasteiger partial charge in [0.25, 0.3) is 0 Å². The molecule has 1 saturated heterocycles. The number of hydrogen-bond donors (Lipinski definition) is 6. The number of amides is 1. The second kappa shape index (κ2) is 70.0. The van der Waals surface area contributed by atoms with E-state index < -0.39 is 49.5 Å². The minimum Gasteiger partial charge on any atom is -0.466 e. The molecular formula is C81H151NO10. The zero-order chi connectivity index (χ0) is 66.5. The monoisotopic (exact) mass is 1300 g/mol. The van der Waals surface area contributed by atoms with Crippen LogP contribution in [0.15, 0.2) is 48.6 Å². The highest BCUT2D eigenvalue weighted by Gasteiger charge is 2.44. The number of hydrogen-bond acceptors (Lipinski definition) is 10. The fourth-order valence-electron chi connectivity index (χ4n) is 12.6. The lowest BCUT2D eigenvalue weighted by Crippen LogP contribution is -2.60. The van der Waals surface area contributed by atoms with Gasteiger partial charge in [-0.2, -0.15) is 0 Å². The normalized spacial score (nSPS) is 17.8. The number of aliphatic hydroxyl groups is 5. The molecule has 1 rings (SSSR count). The van der Waals surface area contributed by atoms with Gasteiger partial charge in [0.15, 0.2) is 6.29 Å². The number of carbonyl (C=O) groups excluding carboxylic acids is 2. The molecule has 0 spiro atoms. The van der Waals surface area contributed by atoms with Crippen LogP contribution >= 0.6 is 0 Å². The standard InChI is InChI=1S/C81H151NO10/c1-3-5-7-9-11-13-15-16-45-49-53-57-61-65-69-77(86)90-70-66-62-58-54-50-46-43-41-39-37-35-33-31-29-27-25-23-21-19-17-18-20-22-24-26-28-30-32-34-36-38-40-42-44-48-52-56-60-64-68-76(85)82-73(72-91-81-80(89)79(88)78(87)75(71-83)92-81)74(84)67-63-59-55-51-47-14-12-10-8-6-4-2/h9,11,15-18,63,67,73-75,78-81,83-84,87-89H,3-8,10,12-14,19-62,64-66,68-72H2,1-2H3,(H,82,85)/b11-9-,16-15-,18-17-,67-63+. The van der Waals surface area contributed by atoms with E-state index >= 15 is 0 Å². The van der Waals surface area contributed by atoms with Crippen LogP contribution < -0.4 is 5.32 Å². The molecule has 0 aliphatic carbocycles. The Hall–Kier alpha value is -2.38. The number of carbonyl (C=O) groups is 2. The first-order chi connectivity index (χ1) is 45.2. The molecule has 1 heterocycles. The van der Waals surface area contributed by atoms with E-state index in [4.69, 9.17) is 14.2 Å². The van der Waals surface area contributed by atoms with Crippen molar-refractivity contribution in [1.82, 2.24) is 5.32 Å². The largest absolute Gasteiger partial charge is 0.466 e. The predicted molar refractivity (Wildman–Crippen MR) is 389 cm³/mol. The first kappa shape index (κ1) is 87.6. The lowest BCUT2D eigenvalue weighted by atomic mass is 9.99. The first-order valence-electron chi connectivity index (χ1n) is 39.9. The molecule has 0 bridgehead atoms. The maximum absolute atomic E-state index is 13.1. The van der Waals surface area contributed by atoms with Gasteiger partial charge < -0.3 is 45.1 Å². The van der Waals surface area contributed by atoms with Crippen LogP contribution in [0.4, 0.5) is 0 Å². The molecule has 7 unspecified atom stereocenters. The van der Waals surface area contributed by atoms with Crippen molar-refractivity contribution in [3.63, 3.8) is 0 Å². The van der Waals surface area contributed by atoms with Crippen LogP contribution in [0.5, 0.6) is 0 Å². The van der Waals surface area contributed by atoms with Gasteiger partial charge in [-0.3, -0.25) is 9.59 Å². The van der Waals surface area contributed by atoms with E-state index in [1.807, 2.05) is 6.08 Å². The zero-order valence-electron chi connectivity index (χ0n) is 60.3. The molecule has 1 aliphatic heterocycles. The minimum absolute atomic E-state index is 0.00229. The summed E-state index contributed by atoms with van der Waals surface area (Å²) in [5.74, 6) is -0.174. The van der Waals surface area contributed by atoms with E-state index in [-0.39, 0.29) is 18.5 Å². The van der Waals surface area contributed by atoms with E-state index in [0.29, 0.717) is 19.4 Å². The maximum Gasteiger partial charge on any atom is 0.305 e. The molecule has 0 saturated carbocycles. The Balaban J connectivity index is 1.87. The van der Waals surface area contributed by atoms with E-state index in [2.05, 4.69) is 55.6 Å². The maximum atomic E-state index is 13.1. The molecule has 1 aliphatic rings. The molecule has 0 aromatic heterocycles. The molecule has 6 N–H and O–H groups in total. The van der Waals surface area contributed by atoms with Crippen LogP contribution in [-0.2, 0) is 23.8 Å². The third-order valence-electron chi connectivity index (χ3n) is 18.9. The fourth-order valence-corrected chi connectivity index (χ4v) is 12.6. The molecule has 0 aromatic carbocycles. The van der Waals surface area contributed by atoms with E-state index in [1.54, 1.807) is 6.08 Å². The third-order valence-corrected chi connectivity index (χ3v) is 18.9. The Morgan fingerprint density at radius 3 is 1.14 bits per heavy atom. The van der Waals surface area contributed by atoms with Crippen LogP contribution in [-0.4, -0.2) is 100 Å². The smallest absolute Gasteiger partial charge is 0.305 e. The summed E-state index contributed by atoms with van der Waals surface area (Å²) in [6.07, 6.45) is 83.0. The van der Waals surface area contributed by atoms with Gasteiger partial charge in [0.05, 0.1) is 32.0 Å². The van der Waals surface area contributed by atoms with Crippen LogP contribution in [0.2, 0.25) is 0 Å². The van der Waals surface area contributed by atoms with Gasteiger partial charge in [-0.1, -0.05) is 345 Å². The van der Waals surface area contributed by atoms with Crippen molar-refractivity contribution in [2.24, 2.45) is 0 Å². The number of esters is 1. The number of nitrogens with one attached hydrogen (secondary N) is 1. The highest BCUT2D eigenvalue weighted by atomic mass is 16.7. The summed E-state index contributed by atoms with van der Waals surface area (Å²) in [7, 11) is 0. The summed E-state index contributed by atoms with van der Waals surface area (Å²) in [4.78, 5) is 25.1. The van der Waals surface area contributed by atoms with Crippen LogP contribution in [0.25, 0.3) is 0 Å². The van der Waals surface area contributed by atoms with Crippen LogP contribution in [0.1, 0.15) is 393 Å². The summed E-state index contributed by atoms with van der Waals surface area (Å²) in [6, 6.07) is -0.806. The molecule has 0 aromatic rings. The summed E-state index contributed by atoms with van der Waals surface area (Å²) < 4.78 is 16.7. The number of ether oxygens (including phenoxy) is 3. The van der Waals surface area contributed by atoms with Crippen molar-refractivity contribution in [2.75, 3.05) is 19.8 Å². The fraction of sp³-hybridized carbons (Fsp3) is 0.877. The van der Waals surface area contributed by atoms with Crippen molar-refractivity contribution >= 4 is 11.9 Å². The number of aliphatic hydroxyl groups excluding tert-OH is 5. The van der Waals surface area contributed by atoms with Crippen molar-refractivity contribution in [1.29, 1.82) is 0 Å². The highest BCUT2D eigenvalue weighted by molar-refractivity contribution is 5.76. The average Bonchev–Trinajstić information content (AvgIpc) is 1.02. The summed E-state index contributed by atoms with van der Waals surface area (Å²) in [6.45, 7) is 4.33. The molecular weight excluding hydrogens is 1150 g/mol. The lowest BCUT2D eigenvalue weighted by molar-refractivity contribution is -0.302. The predicted octanol–water partition coefficient (Wildman–Crippen LogP) is 21.5. The molecule has 0 radical (unpaired) electrons. The van der Waals surface area contributed by atoms with Crippen molar-refractivity contribution in [2.45, 2.75) is 436 Å². The Bertz CT molecular complexity index is 1670. The first-order valence-corrected chi connectivity index (χ1v) is 39.9. The van der Waals surface area contributed by atoms with E-state index in [9.17, 15) is 35.1 Å². The lowest BCUT2D eigenvalue weighted by Gasteiger charge is -2.40. The minimum atomic E-state index is -1.57. The molecule has 540 valence electrons. The zero-order valence-corrected chi connectivity index (χ0v) is 60.3. The molecule has 7 atom stereocenters. The van der Waals surface area contributed by atoms with Gasteiger partial charge in [0.1, 0.15) is 24.4 Å². The number of allylic oxidation sites excluding steroid dienone is 7. The van der Waals surface area contributed by atoms with Gasteiger partial charge in [0.2, 0.25) is 5.91 Å². The molecule has 1 fully saturated rings. The van der Waals surface area contributed by atoms with Crippen LogP contribution in [0, 0.1) is 0 Å². The van der Waals surface area contributed by atoms with Crippen molar-refractivity contribution in [3.8, 4) is 0 Å². The van der Waals surface area contributed by atoms with E-state index in [1.165, 1.54) is 302 Å². The molecule has 11 nitrogen and oxygen atoms in total. The van der Waals surface area contributed by atoms with Crippen molar-refractivity contribution < 1.29 is 49.3 Å². The topological polar surface area (TPSA) is 175 Å². The van der Waals surface area contributed by atoms with Gasteiger partial charge in [-0.05, 0) is 83.5 Å². The van der Waals surface area contributed by atoms with Gasteiger partial charge in [-0.15, -0.1) is 0 Å². The van der Waals surface area contributed by atoms with Gasteiger partial charge in [-0.25, -0.2) is 0 Å². The quantitative estimate of drug-likeness (QED) is 0.0195. The molecule has 11 heteroatoms. The van der Waals surface area contributed by atoms with Gasteiger partial charge >= 0.3 is 5.97 Å². The summed E-state index contributed by atoms with van der Waals surface area (Å²) in [5.41, 5.74) is 0. The highest BCUT2D eigenvalue weighted by Crippen LogP contribution is 2.24. The Morgan fingerprint density at radius 1 is 0.402 bits per heavy atom. The van der Waals surface area contributed by atoms with Crippen LogP contribution in [0.3, 0.4) is 0 Å². The summed E-state index contributed by atoms with van der Waals surface area (Å²) in [5, 5.41) is 54.5. The second-order valence-electron chi connectivity index (χ2n) is 27.8. The van der Waals surface area contributed by atoms with Crippen molar-refractivity contribution in [3.05, 3.63) is 48.6 Å². The Labute approximate surface area is 567 Å². The Morgan fingerprint density at radius 2 is 0.739 bits per heavy atom. The van der Waals surface area contributed by atoms with Gasteiger partial charge in [0, 0.05) is 12.8 Å².